The number of amides is 2. The maximum Gasteiger partial charge on any atom is 0.258 e. The standard InChI is InChI=1S/C14H13NO3/c16-13-11-6-2-1-5-10(11)12(14(17)15-13)8-9-4-3-7-18-9/h3-4,7-8H,1-2,5-6H2,(H,15,16,17)/b12-8-. The van der Waals surface area contributed by atoms with Crippen molar-refractivity contribution in [1.29, 1.82) is 0 Å². The molecule has 2 amide bonds. The summed E-state index contributed by atoms with van der Waals surface area (Å²) in [4.78, 5) is 23.7. The molecule has 0 aromatic carbocycles. The van der Waals surface area contributed by atoms with Gasteiger partial charge in [0.25, 0.3) is 11.8 Å². The molecule has 0 spiro atoms. The number of rotatable bonds is 1. The lowest BCUT2D eigenvalue weighted by molar-refractivity contribution is -0.127. The first-order valence-corrected chi connectivity index (χ1v) is 6.09. The van der Waals surface area contributed by atoms with Crippen LogP contribution < -0.4 is 5.32 Å². The van der Waals surface area contributed by atoms with Gasteiger partial charge in [-0.1, -0.05) is 0 Å². The Hall–Kier alpha value is -2.10. The van der Waals surface area contributed by atoms with Gasteiger partial charge in [0.1, 0.15) is 5.76 Å². The summed E-state index contributed by atoms with van der Waals surface area (Å²) < 4.78 is 5.23. The van der Waals surface area contributed by atoms with Gasteiger partial charge in [-0.2, -0.15) is 0 Å². The van der Waals surface area contributed by atoms with Crippen molar-refractivity contribution < 1.29 is 14.0 Å². The topological polar surface area (TPSA) is 59.3 Å². The molecule has 0 saturated carbocycles. The number of carbonyl (C=O) groups is 2. The van der Waals surface area contributed by atoms with Crippen LogP contribution in [0, 0.1) is 0 Å². The molecule has 18 heavy (non-hydrogen) atoms. The maximum absolute atomic E-state index is 11.9. The first kappa shape index (κ1) is 11.0. The summed E-state index contributed by atoms with van der Waals surface area (Å²) in [5.41, 5.74) is 2.23. The minimum Gasteiger partial charge on any atom is -0.465 e. The Balaban J connectivity index is 2.09. The molecule has 1 N–H and O–H groups in total. The van der Waals surface area contributed by atoms with Crippen molar-refractivity contribution in [3.63, 3.8) is 0 Å². The van der Waals surface area contributed by atoms with Crippen LogP contribution in [0.25, 0.3) is 6.08 Å². The molecule has 0 fully saturated rings. The lowest BCUT2D eigenvalue weighted by Crippen LogP contribution is -2.39. The number of nitrogens with one attached hydrogen (secondary N) is 1. The Morgan fingerprint density at radius 3 is 2.61 bits per heavy atom. The molecule has 1 aromatic rings. The number of furan rings is 1. The highest BCUT2D eigenvalue weighted by molar-refractivity contribution is 6.18. The molecule has 1 aromatic heterocycles. The molecular formula is C14H13NO3. The van der Waals surface area contributed by atoms with Crippen molar-refractivity contribution in [3.8, 4) is 0 Å². The van der Waals surface area contributed by atoms with Crippen LogP contribution in [0.3, 0.4) is 0 Å². The third kappa shape index (κ3) is 1.79. The van der Waals surface area contributed by atoms with Gasteiger partial charge in [-0.3, -0.25) is 14.9 Å². The Morgan fingerprint density at radius 1 is 1.11 bits per heavy atom. The minimum atomic E-state index is -0.322. The van der Waals surface area contributed by atoms with Gasteiger partial charge in [0.15, 0.2) is 0 Å². The average molecular weight is 243 g/mol. The summed E-state index contributed by atoms with van der Waals surface area (Å²) >= 11 is 0. The Labute approximate surface area is 104 Å². The predicted octanol–water partition coefficient (Wildman–Crippen LogP) is 2.19. The summed E-state index contributed by atoms with van der Waals surface area (Å²) in [6.45, 7) is 0. The summed E-state index contributed by atoms with van der Waals surface area (Å²) in [5, 5.41) is 2.40. The fraction of sp³-hybridized carbons (Fsp3) is 0.286. The van der Waals surface area contributed by atoms with Gasteiger partial charge in [-0.25, -0.2) is 0 Å². The molecule has 2 heterocycles. The first-order valence-electron chi connectivity index (χ1n) is 6.09. The van der Waals surface area contributed by atoms with E-state index in [0.29, 0.717) is 11.3 Å². The number of imide groups is 1. The van der Waals surface area contributed by atoms with Crippen molar-refractivity contribution in [2.24, 2.45) is 0 Å². The average Bonchev–Trinajstić information content (AvgIpc) is 2.87. The molecular weight excluding hydrogens is 230 g/mol. The van der Waals surface area contributed by atoms with Gasteiger partial charge in [-0.05, 0) is 49.5 Å². The Morgan fingerprint density at radius 2 is 1.89 bits per heavy atom. The van der Waals surface area contributed by atoms with E-state index in [1.807, 2.05) is 0 Å². The predicted molar refractivity (Wildman–Crippen MR) is 65.3 cm³/mol. The minimum absolute atomic E-state index is 0.230. The largest absolute Gasteiger partial charge is 0.465 e. The molecule has 0 atom stereocenters. The van der Waals surface area contributed by atoms with Crippen LogP contribution in [0.5, 0.6) is 0 Å². The van der Waals surface area contributed by atoms with Crippen molar-refractivity contribution in [2.75, 3.05) is 0 Å². The molecule has 4 heteroatoms. The zero-order valence-corrected chi connectivity index (χ0v) is 9.86. The van der Waals surface area contributed by atoms with Gasteiger partial charge >= 0.3 is 0 Å². The number of hydrogen-bond donors (Lipinski definition) is 1. The molecule has 0 saturated heterocycles. The Kier molecular flexibility index (Phi) is 2.63. The van der Waals surface area contributed by atoms with Crippen molar-refractivity contribution in [3.05, 3.63) is 40.9 Å². The van der Waals surface area contributed by atoms with Gasteiger partial charge in [0, 0.05) is 11.1 Å². The molecule has 0 unspecified atom stereocenters. The van der Waals surface area contributed by atoms with Gasteiger partial charge in [0.05, 0.1) is 6.26 Å². The van der Waals surface area contributed by atoms with Crippen LogP contribution in [0.4, 0.5) is 0 Å². The summed E-state index contributed by atoms with van der Waals surface area (Å²) in [5.74, 6) is 0.0790. The molecule has 2 aliphatic rings. The van der Waals surface area contributed by atoms with Crippen LogP contribution in [0.2, 0.25) is 0 Å². The Bertz CT molecular complexity index is 564. The van der Waals surface area contributed by atoms with E-state index in [-0.39, 0.29) is 11.8 Å². The zero-order chi connectivity index (χ0) is 12.5. The number of hydrogen-bond acceptors (Lipinski definition) is 3. The first-order chi connectivity index (χ1) is 8.75. The fourth-order valence-electron chi connectivity index (χ4n) is 2.50. The summed E-state index contributed by atoms with van der Waals surface area (Å²) in [6, 6.07) is 3.56. The third-order valence-corrected chi connectivity index (χ3v) is 3.37. The second-order valence-corrected chi connectivity index (χ2v) is 4.52. The van der Waals surface area contributed by atoms with Gasteiger partial charge < -0.3 is 4.42 Å². The van der Waals surface area contributed by atoms with Gasteiger partial charge in [-0.15, -0.1) is 0 Å². The molecule has 3 rings (SSSR count). The van der Waals surface area contributed by atoms with Crippen LogP contribution >= 0.6 is 0 Å². The normalized spacial score (nSPS) is 22.1. The highest BCUT2D eigenvalue weighted by atomic mass is 16.3. The molecule has 1 aliphatic heterocycles. The highest BCUT2D eigenvalue weighted by Gasteiger charge is 2.31. The van der Waals surface area contributed by atoms with E-state index in [0.717, 1.165) is 36.8 Å². The highest BCUT2D eigenvalue weighted by Crippen LogP contribution is 2.33. The SMILES string of the molecule is O=C1NC(=O)/C(=C\c2ccco2)C2=C1CCCC2. The monoisotopic (exact) mass is 243 g/mol. The van der Waals surface area contributed by atoms with Crippen molar-refractivity contribution in [2.45, 2.75) is 25.7 Å². The van der Waals surface area contributed by atoms with E-state index < -0.39 is 0 Å². The summed E-state index contributed by atoms with van der Waals surface area (Å²) in [7, 11) is 0. The second-order valence-electron chi connectivity index (χ2n) is 4.52. The number of carbonyl (C=O) groups excluding carboxylic acids is 2. The van der Waals surface area contributed by atoms with Gasteiger partial charge in [0.2, 0.25) is 0 Å². The van der Waals surface area contributed by atoms with Crippen molar-refractivity contribution in [1.82, 2.24) is 5.32 Å². The fourth-order valence-corrected chi connectivity index (χ4v) is 2.50. The quantitative estimate of drug-likeness (QED) is 0.607. The van der Waals surface area contributed by atoms with Crippen LogP contribution in [0.1, 0.15) is 31.4 Å². The smallest absolute Gasteiger partial charge is 0.258 e. The lowest BCUT2D eigenvalue weighted by Gasteiger charge is -2.25. The van der Waals surface area contributed by atoms with E-state index in [2.05, 4.69) is 5.32 Å². The zero-order valence-electron chi connectivity index (χ0n) is 9.86. The molecule has 0 radical (unpaired) electrons. The van der Waals surface area contributed by atoms with Crippen LogP contribution in [0.15, 0.2) is 39.5 Å². The lowest BCUT2D eigenvalue weighted by atomic mass is 9.84. The van der Waals surface area contributed by atoms with Crippen LogP contribution in [-0.4, -0.2) is 11.8 Å². The molecule has 92 valence electrons. The van der Waals surface area contributed by atoms with E-state index in [1.165, 1.54) is 0 Å². The second kappa shape index (κ2) is 4.29. The van der Waals surface area contributed by atoms with E-state index in [4.69, 9.17) is 4.42 Å². The molecule has 0 bridgehead atoms. The van der Waals surface area contributed by atoms with Crippen LogP contribution in [-0.2, 0) is 9.59 Å². The molecule has 4 nitrogen and oxygen atoms in total. The molecule has 1 aliphatic carbocycles. The summed E-state index contributed by atoms with van der Waals surface area (Å²) in [6.07, 6.45) is 6.85. The van der Waals surface area contributed by atoms with Crippen molar-refractivity contribution >= 4 is 17.9 Å². The van der Waals surface area contributed by atoms with E-state index in [9.17, 15) is 9.59 Å². The maximum atomic E-state index is 11.9. The third-order valence-electron chi connectivity index (χ3n) is 3.37. The van der Waals surface area contributed by atoms with E-state index in [1.54, 1.807) is 24.5 Å². The van der Waals surface area contributed by atoms with E-state index >= 15 is 0 Å².